The van der Waals surface area contributed by atoms with Crippen molar-refractivity contribution in [1.29, 1.82) is 0 Å². The normalized spacial score (nSPS) is 21.3. The second-order valence-electron chi connectivity index (χ2n) is 7.03. The molecule has 0 saturated heterocycles. The summed E-state index contributed by atoms with van der Waals surface area (Å²) in [5.41, 5.74) is 1.31. The van der Waals surface area contributed by atoms with Crippen LogP contribution in [0.5, 0.6) is 0 Å². The van der Waals surface area contributed by atoms with Crippen LogP contribution in [0.4, 0.5) is 0 Å². The van der Waals surface area contributed by atoms with Crippen LogP contribution in [0.1, 0.15) is 50.8 Å². The summed E-state index contributed by atoms with van der Waals surface area (Å²) >= 11 is 0. The molecule has 3 rings (SSSR count). The van der Waals surface area contributed by atoms with Gasteiger partial charge in [-0.3, -0.25) is 14.7 Å². The van der Waals surface area contributed by atoms with Gasteiger partial charge in [-0.2, -0.15) is 0 Å². The van der Waals surface area contributed by atoms with Crippen LogP contribution < -0.4 is 5.56 Å². The van der Waals surface area contributed by atoms with Crippen molar-refractivity contribution < 1.29 is 9.53 Å². The monoisotopic (exact) mass is 331 g/mol. The van der Waals surface area contributed by atoms with Gasteiger partial charge in [0.2, 0.25) is 0 Å². The molecule has 2 aromatic heterocycles. The molecule has 6 nitrogen and oxygen atoms in total. The fourth-order valence-electron chi connectivity index (χ4n) is 3.70. The molecule has 0 bridgehead atoms. The maximum Gasteiger partial charge on any atom is 0.310 e. The minimum Gasteiger partial charge on any atom is -0.462 e. The number of aromatic amines is 1. The Kier molecular flexibility index (Phi) is 4.73. The molecule has 24 heavy (non-hydrogen) atoms. The van der Waals surface area contributed by atoms with Crippen molar-refractivity contribution >= 4 is 11.6 Å². The second-order valence-corrected chi connectivity index (χ2v) is 7.03. The van der Waals surface area contributed by atoms with E-state index in [1.807, 2.05) is 0 Å². The predicted molar refractivity (Wildman–Crippen MR) is 90.9 cm³/mol. The number of fused-ring (bicyclic) bond motifs is 1. The zero-order valence-electron chi connectivity index (χ0n) is 14.5. The SMILES string of the molecule is Cc1nc2cc[nH]n2c(=O)c1CC(=O)O[C@@H]1CCCC[C@@H]1C(C)C. The number of rotatable bonds is 4. The van der Waals surface area contributed by atoms with E-state index in [0.29, 0.717) is 28.7 Å². The van der Waals surface area contributed by atoms with Gasteiger partial charge >= 0.3 is 5.97 Å². The highest BCUT2D eigenvalue weighted by Crippen LogP contribution is 2.32. The van der Waals surface area contributed by atoms with E-state index < -0.39 is 0 Å². The van der Waals surface area contributed by atoms with Gasteiger partial charge < -0.3 is 4.74 Å². The van der Waals surface area contributed by atoms with Gasteiger partial charge in [0.05, 0.1) is 12.0 Å². The Morgan fingerprint density at radius 2 is 2.17 bits per heavy atom. The summed E-state index contributed by atoms with van der Waals surface area (Å²) in [6.07, 6.45) is 5.91. The average molecular weight is 331 g/mol. The van der Waals surface area contributed by atoms with E-state index >= 15 is 0 Å². The van der Waals surface area contributed by atoms with Crippen LogP contribution in [-0.2, 0) is 16.0 Å². The number of carbonyl (C=O) groups excluding carboxylic acids is 1. The van der Waals surface area contributed by atoms with E-state index in [9.17, 15) is 9.59 Å². The molecule has 0 amide bonds. The molecule has 2 atom stereocenters. The first kappa shape index (κ1) is 16.7. The lowest BCUT2D eigenvalue weighted by Gasteiger charge is -2.33. The summed E-state index contributed by atoms with van der Waals surface area (Å²) in [5.74, 6) is 0.572. The number of ether oxygens (including phenoxy) is 1. The van der Waals surface area contributed by atoms with Gasteiger partial charge in [-0.1, -0.05) is 20.3 Å². The fraction of sp³-hybridized carbons (Fsp3) is 0.611. The lowest BCUT2D eigenvalue weighted by molar-refractivity contribution is -0.154. The van der Waals surface area contributed by atoms with E-state index in [2.05, 4.69) is 23.9 Å². The molecule has 6 heteroatoms. The first-order valence-corrected chi connectivity index (χ1v) is 8.72. The Morgan fingerprint density at radius 3 is 2.92 bits per heavy atom. The summed E-state index contributed by atoms with van der Waals surface area (Å²) in [6.45, 7) is 6.11. The van der Waals surface area contributed by atoms with Crippen molar-refractivity contribution in [2.24, 2.45) is 11.8 Å². The molecular weight excluding hydrogens is 306 g/mol. The largest absolute Gasteiger partial charge is 0.462 e. The Labute approximate surface area is 141 Å². The molecule has 130 valence electrons. The van der Waals surface area contributed by atoms with Gasteiger partial charge in [0.25, 0.3) is 5.56 Å². The number of carbonyl (C=O) groups is 1. The third kappa shape index (κ3) is 3.23. The molecule has 1 aliphatic rings. The first-order valence-electron chi connectivity index (χ1n) is 8.72. The molecule has 0 radical (unpaired) electrons. The summed E-state index contributed by atoms with van der Waals surface area (Å²) in [5, 5.41) is 2.82. The number of esters is 1. The Hall–Kier alpha value is -2.11. The molecule has 1 aliphatic carbocycles. The molecule has 2 heterocycles. The number of aromatic nitrogens is 3. The van der Waals surface area contributed by atoms with Gasteiger partial charge in [0.1, 0.15) is 6.10 Å². The summed E-state index contributed by atoms with van der Waals surface area (Å²) in [6, 6.07) is 1.73. The van der Waals surface area contributed by atoms with Crippen molar-refractivity contribution in [3.05, 3.63) is 33.9 Å². The molecule has 1 fully saturated rings. The second kappa shape index (κ2) is 6.79. The van der Waals surface area contributed by atoms with Crippen LogP contribution in [0, 0.1) is 18.8 Å². The van der Waals surface area contributed by atoms with Gasteiger partial charge in [0, 0.05) is 18.0 Å². The maximum atomic E-state index is 12.5. The minimum absolute atomic E-state index is 0.0268. The van der Waals surface area contributed by atoms with Crippen LogP contribution in [-0.4, -0.2) is 26.7 Å². The highest BCUT2D eigenvalue weighted by molar-refractivity contribution is 5.73. The van der Waals surface area contributed by atoms with Crippen molar-refractivity contribution in [3.8, 4) is 0 Å². The zero-order chi connectivity index (χ0) is 17.3. The summed E-state index contributed by atoms with van der Waals surface area (Å²) in [4.78, 5) is 29.3. The molecule has 0 unspecified atom stereocenters. The number of nitrogens with zero attached hydrogens (tertiary/aromatic N) is 2. The van der Waals surface area contributed by atoms with Crippen LogP contribution in [0.15, 0.2) is 17.1 Å². The Bertz CT molecular complexity index is 790. The Morgan fingerprint density at radius 1 is 1.42 bits per heavy atom. The number of nitrogens with one attached hydrogen (secondary N) is 1. The average Bonchev–Trinajstić information content (AvgIpc) is 3.00. The van der Waals surface area contributed by atoms with Crippen molar-refractivity contribution in [2.75, 3.05) is 0 Å². The lowest BCUT2D eigenvalue weighted by atomic mass is 9.79. The molecule has 0 spiro atoms. The Balaban J connectivity index is 1.76. The number of H-pyrrole nitrogens is 1. The van der Waals surface area contributed by atoms with Gasteiger partial charge in [-0.05, 0) is 38.0 Å². The zero-order valence-corrected chi connectivity index (χ0v) is 14.5. The quantitative estimate of drug-likeness (QED) is 0.874. The maximum absolute atomic E-state index is 12.5. The van der Waals surface area contributed by atoms with Gasteiger partial charge in [-0.25, -0.2) is 9.50 Å². The van der Waals surface area contributed by atoms with E-state index in [1.54, 1.807) is 19.2 Å². The summed E-state index contributed by atoms with van der Waals surface area (Å²) in [7, 11) is 0. The third-order valence-electron chi connectivity index (χ3n) is 5.06. The molecule has 1 saturated carbocycles. The van der Waals surface area contributed by atoms with Crippen molar-refractivity contribution in [2.45, 2.75) is 59.0 Å². The van der Waals surface area contributed by atoms with Crippen molar-refractivity contribution in [3.63, 3.8) is 0 Å². The molecule has 2 aromatic rings. The van der Waals surface area contributed by atoms with Crippen LogP contribution in [0.3, 0.4) is 0 Å². The lowest BCUT2D eigenvalue weighted by Crippen LogP contribution is -2.34. The summed E-state index contributed by atoms with van der Waals surface area (Å²) < 4.78 is 7.10. The molecule has 1 N–H and O–H groups in total. The van der Waals surface area contributed by atoms with Crippen LogP contribution >= 0.6 is 0 Å². The van der Waals surface area contributed by atoms with E-state index in [0.717, 1.165) is 19.3 Å². The standard InChI is InChI=1S/C18H25N3O3/c1-11(2)13-6-4-5-7-15(13)24-17(22)10-14-12(3)20-16-8-9-19-21(16)18(14)23/h8-9,11,13,15,19H,4-7,10H2,1-3H3/t13-,15-/m1/s1. The topological polar surface area (TPSA) is 76.5 Å². The highest BCUT2D eigenvalue weighted by atomic mass is 16.5. The first-order chi connectivity index (χ1) is 11.5. The van der Waals surface area contributed by atoms with Gasteiger partial charge in [0.15, 0.2) is 5.65 Å². The molecule has 0 aromatic carbocycles. The number of hydrogen-bond donors (Lipinski definition) is 1. The molecule has 0 aliphatic heterocycles. The number of aryl methyl sites for hydroxylation is 1. The predicted octanol–water partition coefficient (Wildman–Crippen LogP) is 2.63. The molecular formula is C18H25N3O3. The minimum atomic E-state index is -0.332. The fourth-order valence-corrected chi connectivity index (χ4v) is 3.70. The third-order valence-corrected chi connectivity index (χ3v) is 5.06. The van der Waals surface area contributed by atoms with E-state index in [-0.39, 0.29) is 24.1 Å². The van der Waals surface area contributed by atoms with Crippen LogP contribution in [0.25, 0.3) is 5.65 Å². The van der Waals surface area contributed by atoms with Gasteiger partial charge in [-0.15, -0.1) is 0 Å². The van der Waals surface area contributed by atoms with Crippen molar-refractivity contribution in [1.82, 2.24) is 14.6 Å². The number of hydrogen-bond acceptors (Lipinski definition) is 4. The van der Waals surface area contributed by atoms with Crippen LogP contribution in [0.2, 0.25) is 0 Å². The highest BCUT2D eigenvalue weighted by Gasteiger charge is 2.30. The van der Waals surface area contributed by atoms with E-state index in [1.165, 1.54) is 10.9 Å². The van der Waals surface area contributed by atoms with E-state index in [4.69, 9.17) is 4.74 Å². The smallest absolute Gasteiger partial charge is 0.310 e.